The van der Waals surface area contributed by atoms with Crippen molar-refractivity contribution in [3.8, 4) is 5.75 Å². The lowest BCUT2D eigenvalue weighted by atomic mass is 10.1. The number of hydrogen-bond donors (Lipinski definition) is 2. The molecule has 2 aromatic carbocycles. The molecule has 6 nitrogen and oxygen atoms in total. The number of para-hydroxylation sites is 1. The van der Waals surface area contributed by atoms with Crippen LogP contribution in [-0.2, 0) is 6.42 Å². The molecule has 0 aliphatic rings. The highest BCUT2D eigenvalue weighted by Gasteiger charge is 2.04. The van der Waals surface area contributed by atoms with Crippen molar-refractivity contribution < 1.29 is 4.74 Å². The Kier molecular flexibility index (Phi) is 5.64. The van der Waals surface area contributed by atoms with Gasteiger partial charge in [-0.1, -0.05) is 35.9 Å². The predicted octanol–water partition coefficient (Wildman–Crippen LogP) is 3.93. The van der Waals surface area contributed by atoms with Crippen molar-refractivity contribution in [3.05, 3.63) is 65.3 Å². The SMILES string of the molecule is COc1ccccc1CCNc1nncc(Nc2cccc(Cl)c2)n1. The lowest BCUT2D eigenvalue weighted by Gasteiger charge is -2.10. The first kappa shape index (κ1) is 17.0. The molecule has 0 spiro atoms. The van der Waals surface area contributed by atoms with Gasteiger partial charge in [-0.05, 0) is 36.2 Å². The third-order valence-corrected chi connectivity index (χ3v) is 3.76. The highest BCUT2D eigenvalue weighted by Crippen LogP contribution is 2.19. The van der Waals surface area contributed by atoms with E-state index in [0.717, 1.165) is 23.4 Å². The normalized spacial score (nSPS) is 10.3. The van der Waals surface area contributed by atoms with Crippen molar-refractivity contribution in [1.29, 1.82) is 0 Å². The second kappa shape index (κ2) is 8.30. The van der Waals surface area contributed by atoms with Gasteiger partial charge in [0, 0.05) is 17.3 Å². The van der Waals surface area contributed by atoms with Gasteiger partial charge >= 0.3 is 0 Å². The van der Waals surface area contributed by atoms with E-state index < -0.39 is 0 Å². The van der Waals surface area contributed by atoms with Crippen LogP contribution in [0.1, 0.15) is 5.56 Å². The van der Waals surface area contributed by atoms with Gasteiger partial charge in [-0.15, -0.1) is 5.10 Å². The summed E-state index contributed by atoms with van der Waals surface area (Å²) >= 11 is 5.98. The summed E-state index contributed by atoms with van der Waals surface area (Å²) in [6, 6.07) is 15.3. The Morgan fingerprint density at radius 2 is 2.00 bits per heavy atom. The fourth-order valence-electron chi connectivity index (χ4n) is 2.37. The second-order valence-electron chi connectivity index (χ2n) is 5.29. The third kappa shape index (κ3) is 4.81. The summed E-state index contributed by atoms with van der Waals surface area (Å²) in [6.45, 7) is 0.669. The number of anilines is 3. The van der Waals surface area contributed by atoms with Gasteiger partial charge in [0.1, 0.15) is 5.75 Å². The number of nitrogens with zero attached hydrogens (tertiary/aromatic N) is 3. The first-order valence-electron chi connectivity index (χ1n) is 7.82. The molecule has 0 aliphatic carbocycles. The molecule has 0 bridgehead atoms. The average Bonchev–Trinajstić information content (AvgIpc) is 2.62. The molecule has 1 heterocycles. The first-order valence-corrected chi connectivity index (χ1v) is 8.20. The highest BCUT2D eigenvalue weighted by atomic mass is 35.5. The fourth-order valence-corrected chi connectivity index (χ4v) is 2.56. The summed E-state index contributed by atoms with van der Waals surface area (Å²) in [6.07, 6.45) is 2.35. The molecule has 0 saturated carbocycles. The van der Waals surface area contributed by atoms with Crippen molar-refractivity contribution >= 4 is 29.1 Å². The van der Waals surface area contributed by atoms with Crippen LogP contribution in [0.4, 0.5) is 17.5 Å². The van der Waals surface area contributed by atoms with Crippen LogP contribution in [0.25, 0.3) is 0 Å². The second-order valence-corrected chi connectivity index (χ2v) is 5.73. The van der Waals surface area contributed by atoms with Crippen LogP contribution in [0.5, 0.6) is 5.75 Å². The minimum atomic E-state index is 0.460. The molecule has 25 heavy (non-hydrogen) atoms. The number of benzene rings is 2. The van der Waals surface area contributed by atoms with Gasteiger partial charge in [0.15, 0.2) is 5.82 Å². The molecule has 0 radical (unpaired) electrons. The minimum Gasteiger partial charge on any atom is -0.496 e. The van der Waals surface area contributed by atoms with Crippen LogP contribution in [0, 0.1) is 0 Å². The highest BCUT2D eigenvalue weighted by molar-refractivity contribution is 6.30. The Balaban J connectivity index is 1.60. The van der Waals surface area contributed by atoms with Crippen molar-refractivity contribution in [3.63, 3.8) is 0 Å². The van der Waals surface area contributed by atoms with Gasteiger partial charge in [0.25, 0.3) is 0 Å². The number of methoxy groups -OCH3 is 1. The number of ether oxygens (including phenoxy) is 1. The maximum Gasteiger partial charge on any atom is 0.244 e. The van der Waals surface area contributed by atoms with Crippen LogP contribution in [0.2, 0.25) is 5.02 Å². The van der Waals surface area contributed by atoms with E-state index in [-0.39, 0.29) is 0 Å². The van der Waals surface area contributed by atoms with E-state index in [9.17, 15) is 0 Å². The Morgan fingerprint density at radius 1 is 1.12 bits per heavy atom. The third-order valence-electron chi connectivity index (χ3n) is 3.53. The summed E-state index contributed by atoms with van der Waals surface area (Å²) in [5, 5.41) is 15.0. The zero-order chi connectivity index (χ0) is 17.5. The van der Waals surface area contributed by atoms with E-state index in [2.05, 4.69) is 25.8 Å². The molecular formula is C18H18ClN5O. The largest absolute Gasteiger partial charge is 0.496 e. The number of nitrogens with one attached hydrogen (secondary N) is 2. The summed E-state index contributed by atoms with van der Waals surface area (Å²) in [5.74, 6) is 1.93. The molecule has 0 amide bonds. The Morgan fingerprint density at radius 3 is 2.84 bits per heavy atom. The van der Waals surface area contributed by atoms with E-state index in [4.69, 9.17) is 16.3 Å². The Labute approximate surface area is 151 Å². The molecular weight excluding hydrogens is 338 g/mol. The maximum atomic E-state index is 5.98. The van der Waals surface area contributed by atoms with Crippen molar-refractivity contribution in [2.45, 2.75) is 6.42 Å². The molecule has 3 rings (SSSR count). The molecule has 0 unspecified atom stereocenters. The van der Waals surface area contributed by atoms with Crippen molar-refractivity contribution in [2.75, 3.05) is 24.3 Å². The molecule has 7 heteroatoms. The lowest BCUT2D eigenvalue weighted by Crippen LogP contribution is -2.10. The first-order chi connectivity index (χ1) is 12.2. The van der Waals surface area contributed by atoms with E-state index in [0.29, 0.717) is 23.3 Å². The minimum absolute atomic E-state index is 0.460. The molecule has 0 fully saturated rings. The van der Waals surface area contributed by atoms with Gasteiger partial charge < -0.3 is 15.4 Å². The molecule has 2 N–H and O–H groups in total. The number of hydrogen-bond acceptors (Lipinski definition) is 6. The van der Waals surface area contributed by atoms with Crippen LogP contribution in [-0.4, -0.2) is 28.8 Å². The van der Waals surface area contributed by atoms with E-state index in [1.54, 1.807) is 13.3 Å². The van der Waals surface area contributed by atoms with Crippen molar-refractivity contribution in [1.82, 2.24) is 15.2 Å². The number of halogens is 1. The summed E-state index contributed by atoms with van der Waals surface area (Å²) in [4.78, 5) is 4.40. The van der Waals surface area contributed by atoms with Gasteiger partial charge in [-0.3, -0.25) is 0 Å². The van der Waals surface area contributed by atoms with Gasteiger partial charge in [-0.2, -0.15) is 10.1 Å². The number of aromatic nitrogens is 3. The summed E-state index contributed by atoms with van der Waals surface area (Å²) in [7, 11) is 1.67. The topological polar surface area (TPSA) is 72.0 Å². The van der Waals surface area contributed by atoms with E-state index in [1.807, 2.05) is 48.5 Å². The standard InChI is InChI=1S/C18H18ClN5O/c1-25-16-8-3-2-5-13(16)9-10-20-18-23-17(12-21-24-18)22-15-7-4-6-14(19)11-15/h2-8,11-12H,9-10H2,1H3,(H2,20,22,23,24). The summed E-state index contributed by atoms with van der Waals surface area (Å²) < 4.78 is 5.35. The zero-order valence-corrected chi connectivity index (χ0v) is 14.5. The molecule has 0 atom stereocenters. The Bertz CT molecular complexity index is 843. The van der Waals surface area contributed by atoms with Crippen LogP contribution in [0.15, 0.2) is 54.7 Å². The average molecular weight is 356 g/mol. The maximum absolute atomic E-state index is 5.98. The van der Waals surface area contributed by atoms with Gasteiger partial charge in [0.05, 0.1) is 13.3 Å². The van der Waals surface area contributed by atoms with Crippen LogP contribution >= 0.6 is 11.6 Å². The smallest absolute Gasteiger partial charge is 0.244 e. The van der Waals surface area contributed by atoms with Gasteiger partial charge in [-0.25, -0.2) is 0 Å². The zero-order valence-electron chi connectivity index (χ0n) is 13.7. The van der Waals surface area contributed by atoms with E-state index in [1.165, 1.54) is 0 Å². The molecule has 0 saturated heterocycles. The molecule has 0 aliphatic heterocycles. The quantitative estimate of drug-likeness (QED) is 0.669. The summed E-state index contributed by atoms with van der Waals surface area (Å²) in [5.41, 5.74) is 1.96. The van der Waals surface area contributed by atoms with Crippen LogP contribution in [0.3, 0.4) is 0 Å². The van der Waals surface area contributed by atoms with Crippen LogP contribution < -0.4 is 15.4 Å². The molecule has 128 valence electrons. The monoisotopic (exact) mass is 355 g/mol. The predicted molar refractivity (Wildman–Crippen MR) is 99.7 cm³/mol. The van der Waals surface area contributed by atoms with Crippen molar-refractivity contribution in [2.24, 2.45) is 0 Å². The molecule has 1 aromatic heterocycles. The fraction of sp³-hybridized carbons (Fsp3) is 0.167. The molecule has 3 aromatic rings. The lowest BCUT2D eigenvalue weighted by molar-refractivity contribution is 0.410. The van der Waals surface area contributed by atoms with Gasteiger partial charge in [0.2, 0.25) is 5.95 Å². The number of rotatable bonds is 7. The van der Waals surface area contributed by atoms with E-state index >= 15 is 0 Å². The Hall–Kier alpha value is -2.86.